The summed E-state index contributed by atoms with van der Waals surface area (Å²) >= 11 is 0. The van der Waals surface area contributed by atoms with Crippen LogP contribution in [0, 0.1) is 5.92 Å². The van der Waals surface area contributed by atoms with E-state index in [9.17, 15) is 0 Å². The van der Waals surface area contributed by atoms with Crippen LogP contribution >= 0.6 is 12.4 Å². The van der Waals surface area contributed by atoms with Crippen molar-refractivity contribution in [2.75, 3.05) is 26.2 Å². The Hall–Kier alpha value is 0.170. The second-order valence-electron chi connectivity index (χ2n) is 4.07. The molecule has 0 aliphatic carbocycles. The van der Waals surface area contributed by atoms with Crippen LogP contribution in [0.4, 0.5) is 0 Å². The number of rotatable bonds is 2. The first-order chi connectivity index (χ1) is 5.79. The van der Waals surface area contributed by atoms with Crippen LogP contribution < -0.4 is 10.6 Å². The molecule has 2 atom stereocenters. The van der Waals surface area contributed by atoms with Gasteiger partial charge in [-0.25, -0.2) is 0 Å². The molecule has 2 N–H and O–H groups in total. The Balaban J connectivity index is 0.000000845. The summed E-state index contributed by atoms with van der Waals surface area (Å²) in [5, 5.41) is 6.79. The second kappa shape index (κ2) is 4.60. The van der Waals surface area contributed by atoms with E-state index in [4.69, 9.17) is 4.74 Å². The molecule has 2 fully saturated rings. The Morgan fingerprint density at radius 3 is 2.85 bits per heavy atom. The monoisotopic (exact) mass is 206 g/mol. The number of halogens is 1. The predicted molar refractivity (Wildman–Crippen MR) is 55.2 cm³/mol. The van der Waals surface area contributed by atoms with Crippen LogP contribution in [0.5, 0.6) is 0 Å². The van der Waals surface area contributed by atoms with Crippen LogP contribution in [-0.4, -0.2) is 32.0 Å². The van der Waals surface area contributed by atoms with E-state index < -0.39 is 0 Å². The van der Waals surface area contributed by atoms with Crippen molar-refractivity contribution in [1.82, 2.24) is 10.6 Å². The van der Waals surface area contributed by atoms with Gasteiger partial charge in [0.25, 0.3) is 0 Å². The maximum Gasteiger partial charge on any atom is 0.116 e. The minimum Gasteiger partial charge on any atom is -0.360 e. The highest BCUT2D eigenvalue weighted by molar-refractivity contribution is 5.85. The van der Waals surface area contributed by atoms with Gasteiger partial charge in [-0.15, -0.1) is 12.4 Å². The van der Waals surface area contributed by atoms with Crippen molar-refractivity contribution in [2.24, 2.45) is 5.92 Å². The first-order valence-corrected chi connectivity index (χ1v) is 4.88. The van der Waals surface area contributed by atoms with E-state index in [2.05, 4.69) is 17.6 Å². The van der Waals surface area contributed by atoms with Gasteiger partial charge in [0.05, 0.1) is 6.61 Å². The Labute approximate surface area is 86.0 Å². The third-order valence-corrected chi connectivity index (χ3v) is 2.86. The molecule has 0 amide bonds. The van der Waals surface area contributed by atoms with Crippen LogP contribution in [0.25, 0.3) is 0 Å². The van der Waals surface area contributed by atoms with Gasteiger partial charge < -0.3 is 10.1 Å². The van der Waals surface area contributed by atoms with E-state index in [-0.39, 0.29) is 18.1 Å². The zero-order chi connectivity index (χ0) is 8.44. The fraction of sp³-hybridized carbons (Fsp3) is 1.00. The largest absolute Gasteiger partial charge is 0.360 e. The topological polar surface area (TPSA) is 33.3 Å². The lowest BCUT2D eigenvalue weighted by atomic mass is 9.98. The Morgan fingerprint density at radius 1 is 1.46 bits per heavy atom. The number of hydrogen-bond donors (Lipinski definition) is 2. The quantitative estimate of drug-likeness (QED) is 0.700. The molecular formula is C9H19ClN2O. The van der Waals surface area contributed by atoms with Gasteiger partial charge in [0.1, 0.15) is 5.72 Å². The minimum atomic E-state index is -0.0311. The smallest absolute Gasteiger partial charge is 0.116 e. The van der Waals surface area contributed by atoms with Crippen molar-refractivity contribution in [3.05, 3.63) is 0 Å². The molecule has 0 aromatic carbocycles. The Bertz CT molecular complexity index is 154. The predicted octanol–water partition coefficient (Wildman–Crippen LogP) is 0.744. The van der Waals surface area contributed by atoms with Crippen molar-refractivity contribution >= 4 is 12.4 Å². The Morgan fingerprint density at radius 2 is 2.31 bits per heavy atom. The molecule has 2 aliphatic rings. The lowest BCUT2D eigenvalue weighted by molar-refractivity contribution is -0.0115. The van der Waals surface area contributed by atoms with Crippen molar-refractivity contribution in [1.29, 1.82) is 0 Å². The molecule has 13 heavy (non-hydrogen) atoms. The van der Waals surface area contributed by atoms with Gasteiger partial charge in [0, 0.05) is 6.54 Å². The average Bonchev–Trinajstić information content (AvgIpc) is 2.62. The number of ether oxygens (including phenoxy) is 1. The zero-order valence-corrected chi connectivity index (χ0v) is 8.95. The van der Waals surface area contributed by atoms with Crippen molar-refractivity contribution in [3.63, 3.8) is 0 Å². The number of nitrogens with one attached hydrogen (secondary N) is 2. The molecule has 0 saturated carbocycles. The van der Waals surface area contributed by atoms with E-state index in [0.29, 0.717) is 0 Å². The standard InChI is InChI=1S/C9H18N2O.ClH/c1-9(11-4-5-12-9)6-8-2-3-10-7-8;/h8,10-11H,2-7H2,1H3;1H. The van der Waals surface area contributed by atoms with E-state index in [1.54, 1.807) is 0 Å². The van der Waals surface area contributed by atoms with Crippen LogP contribution in [0.1, 0.15) is 19.8 Å². The average molecular weight is 207 g/mol. The molecule has 0 aromatic heterocycles. The molecule has 2 saturated heterocycles. The van der Waals surface area contributed by atoms with Gasteiger partial charge in [0.2, 0.25) is 0 Å². The molecule has 2 rings (SSSR count). The minimum absolute atomic E-state index is 0. The first-order valence-electron chi connectivity index (χ1n) is 4.88. The van der Waals surface area contributed by atoms with E-state index in [0.717, 1.165) is 25.5 Å². The molecule has 2 aliphatic heterocycles. The summed E-state index contributed by atoms with van der Waals surface area (Å²) in [4.78, 5) is 0. The van der Waals surface area contributed by atoms with Crippen molar-refractivity contribution in [2.45, 2.75) is 25.5 Å². The van der Waals surface area contributed by atoms with E-state index in [1.165, 1.54) is 19.5 Å². The van der Waals surface area contributed by atoms with Gasteiger partial charge in [-0.1, -0.05) is 0 Å². The van der Waals surface area contributed by atoms with Crippen LogP contribution in [-0.2, 0) is 4.74 Å². The summed E-state index contributed by atoms with van der Waals surface area (Å²) in [5.74, 6) is 0.806. The molecular weight excluding hydrogens is 188 g/mol. The normalized spacial score (nSPS) is 39.0. The van der Waals surface area contributed by atoms with Crippen molar-refractivity contribution < 1.29 is 4.74 Å². The van der Waals surface area contributed by atoms with Gasteiger partial charge >= 0.3 is 0 Å². The fourth-order valence-corrected chi connectivity index (χ4v) is 2.21. The van der Waals surface area contributed by atoms with Crippen LogP contribution in [0.3, 0.4) is 0 Å². The third-order valence-electron chi connectivity index (χ3n) is 2.86. The second-order valence-corrected chi connectivity index (χ2v) is 4.07. The molecule has 0 spiro atoms. The van der Waals surface area contributed by atoms with Gasteiger partial charge in [-0.05, 0) is 38.8 Å². The highest BCUT2D eigenvalue weighted by atomic mass is 35.5. The summed E-state index contributed by atoms with van der Waals surface area (Å²) < 4.78 is 5.66. The fourth-order valence-electron chi connectivity index (χ4n) is 2.21. The molecule has 2 unspecified atom stereocenters. The third kappa shape index (κ3) is 2.81. The Kier molecular flexibility index (Phi) is 3.98. The van der Waals surface area contributed by atoms with E-state index >= 15 is 0 Å². The van der Waals surface area contributed by atoms with Gasteiger partial charge in [0.15, 0.2) is 0 Å². The summed E-state index contributed by atoms with van der Waals surface area (Å²) in [5.41, 5.74) is -0.0311. The molecule has 78 valence electrons. The highest BCUT2D eigenvalue weighted by Gasteiger charge is 2.32. The van der Waals surface area contributed by atoms with Gasteiger partial charge in [-0.2, -0.15) is 0 Å². The molecule has 0 radical (unpaired) electrons. The summed E-state index contributed by atoms with van der Waals surface area (Å²) in [6.07, 6.45) is 2.46. The van der Waals surface area contributed by atoms with E-state index in [1.807, 2.05) is 0 Å². The summed E-state index contributed by atoms with van der Waals surface area (Å²) in [6, 6.07) is 0. The summed E-state index contributed by atoms with van der Waals surface area (Å²) in [7, 11) is 0. The SMILES string of the molecule is CC1(CC2CCNC2)NCCO1.Cl. The van der Waals surface area contributed by atoms with Crippen LogP contribution in [0.2, 0.25) is 0 Å². The number of hydrogen-bond acceptors (Lipinski definition) is 3. The van der Waals surface area contributed by atoms with Crippen LogP contribution in [0.15, 0.2) is 0 Å². The van der Waals surface area contributed by atoms with Crippen molar-refractivity contribution in [3.8, 4) is 0 Å². The molecule has 0 aromatic rings. The molecule has 3 nitrogen and oxygen atoms in total. The molecule has 2 heterocycles. The zero-order valence-electron chi connectivity index (χ0n) is 8.14. The lowest BCUT2D eigenvalue weighted by Gasteiger charge is -2.26. The molecule has 4 heteroatoms. The summed E-state index contributed by atoms with van der Waals surface area (Å²) in [6.45, 7) is 6.40. The lowest BCUT2D eigenvalue weighted by Crippen LogP contribution is -2.39. The first kappa shape index (κ1) is 11.2. The highest BCUT2D eigenvalue weighted by Crippen LogP contribution is 2.24. The maximum absolute atomic E-state index is 5.66. The molecule has 0 bridgehead atoms. The van der Waals surface area contributed by atoms with Gasteiger partial charge in [-0.3, -0.25) is 5.32 Å². The maximum atomic E-state index is 5.66.